The third kappa shape index (κ3) is 4.18. The fourth-order valence-electron chi connectivity index (χ4n) is 3.38. The highest BCUT2D eigenvalue weighted by atomic mass is 16.7. The largest absolute Gasteiger partial charge is 0.481 e. The Hall–Kier alpha value is -1.14. The number of hydroxylamine groups is 2. The van der Waals surface area contributed by atoms with Gasteiger partial charge >= 0.3 is 5.97 Å². The van der Waals surface area contributed by atoms with Crippen LogP contribution in [0.3, 0.4) is 0 Å². The molecule has 0 aliphatic carbocycles. The third-order valence-corrected chi connectivity index (χ3v) is 3.71. The molecular formula is C14H26N2O4. The quantitative estimate of drug-likeness (QED) is 0.801. The maximum absolute atomic E-state index is 11.8. The average molecular weight is 286 g/mol. The van der Waals surface area contributed by atoms with Crippen LogP contribution in [0.5, 0.6) is 0 Å². The number of nitrogens with one attached hydrogen (secondary N) is 1. The Kier molecular flexibility index (Phi) is 5.15. The van der Waals surface area contributed by atoms with Gasteiger partial charge in [-0.3, -0.25) is 9.59 Å². The Labute approximate surface area is 120 Å². The lowest BCUT2D eigenvalue weighted by Gasteiger charge is -2.53. The molecule has 116 valence electrons. The molecular weight excluding hydrogens is 260 g/mol. The van der Waals surface area contributed by atoms with E-state index in [9.17, 15) is 9.59 Å². The Morgan fingerprint density at radius 1 is 1.20 bits per heavy atom. The molecule has 1 rings (SSSR count). The summed E-state index contributed by atoms with van der Waals surface area (Å²) < 4.78 is 0. The highest BCUT2D eigenvalue weighted by Crippen LogP contribution is 2.38. The van der Waals surface area contributed by atoms with Gasteiger partial charge < -0.3 is 15.3 Å². The topological polar surface area (TPSA) is 78.9 Å². The second-order valence-electron chi connectivity index (χ2n) is 6.67. The van der Waals surface area contributed by atoms with E-state index in [0.717, 1.165) is 12.8 Å². The number of carbonyl (C=O) groups is 2. The summed E-state index contributed by atoms with van der Waals surface area (Å²) in [6, 6.07) is 0.0349. The van der Waals surface area contributed by atoms with Gasteiger partial charge in [-0.1, -0.05) is 0 Å². The van der Waals surface area contributed by atoms with Gasteiger partial charge in [0.15, 0.2) is 0 Å². The lowest BCUT2D eigenvalue weighted by molar-refractivity contribution is -0.267. The molecule has 20 heavy (non-hydrogen) atoms. The molecule has 0 aromatic carbocycles. The lowest BCUT2D eigenvalue weighted by atomic mass is 9.79. The van der Waals surface area contributed by atoms with E-state index in [1.165, 1.54) is 0 Å². The van der Waals surface area contributed by atoms with Gasteiger partial charge in [0, 0.05) is 23.5 Å². The Morgan fingerprint density at radius 2 is 1.70 bits per heavy atom. The van der Waals surface area contributed by atoms with Gasteiger partial charge in [0.05, 0.1) is 13.5 Å². The smallest absolute Gasteiger partial charge is 0.303 e. The van der Waals surface area contributed by atoms with E-state index in [0.29, 0.717) is 0 Å². The standard InChI is InChI=1S/C14H26N2O4/c1-13(2)8-10(9-14(3,4)16(13)20-5)15-11(17)6-7-12(18)19/h10H,6-9H2,1-5H3,(H,15,17)(H,18,19). The molecule has 1 aliphatic rings. The maximum atomic E-state index is 11.8. The van der Waals surface area contributed by atoms with Crippen LogP contribution in [0.1, 0.15) is 53.4 Å². The minimum Gasteiger partial charge on any atom is -0.481 e. The molecule has 0 aromatic heterocycles. The molecule has 0 unspecified atom stereocenters. The molecule has 1 saturated heterocycles. The van der Waals surface area contributed by atoms with Crippen molar-refractivity contribution in [2.45, 2.75) is 70.5 Å². The highest BCUT2D eigenvalue weighted by Gasteiger charge is 2.46. The van der Waals surface area contributed by atoms with Gasteiger partial charge in [-0.05, 0) is 40.5 Å². The van der Waals surface area contributed by atoms with Crippen molar-refractivity contribution in [1.29, 1.82) is 0 Å². The molecule has 0 bridgehead atoms. The van der Waals surface area contributed by atoms with E-state index >= 15 is 0 Å². The van der Waals surface area contributed by atoms with Gasteiger partial charge in [0.1, 0.15) is 0 Å². The molecule has 0 saturated carbocycles. The number of carboxylic acid groups (broad SMARTS) is 1. The summed E-state index contributed by atoms with van der Waals surface area (Å²) in [6.45, 7) is 8.31. The van der Waals surface area contributed by atoms with Gasteiger partial charge in [0.2, 0.25) is 5.91 Å². The number of amides is 1. The molecule has 0 spiro atoms. The predicted molar refractivity (Wildman–Crippen MR) is 75.0 cm³/mol. The first kappa shape index (κ1) is 16.9. The summed E-state index contributed by atoms with van der Waals surface area (Å²) >= 11 is 0. The maximum Gasteiger partial charge on any atom is 0.303 e. The summed E-state index contributed by atoms with van der Waals surface area (Å²) in [5.74, 6) is -1.15. The van der Waals surface area contributed by atoms with Crippen LogP contribution >= 0.6 is 0 Å². The van der Waals surface area contributed by atoms with Crippen LogP contribution in [0, 0.1) is 0 Å². The third-order valence-electron chi connectivity index (χ3n) is 3.71. The van der Waals surface area contributed by atoms with E-state index < -0.39 is 5.97 Å². The lowest BCUT2D eigenvalue weighted by Crippen LogP contribution is -2.63. The number of carboxylic acids is 1. The molecule has 6 heteroatoms. The van der Waals surface area contributed by atoms with E-state index in [-0.39, 0.29) is 35.9 Å². The zero-order valence-electron chi connectivity index (χ0n) is 13.0. The predicted octanol–water partition coefficient (Wildman–Crippen LogP) is 1.55. The van der Waals surface area contributed by atoms with Crippen LogP contribution in [-0.2, 0) is 14.4 Å². The van der Waals surface area contributed by atoms with Crippen LogP contribution in [0.4, 0.5) is 0 Å². The van der Waals surface area contributed by atoms with Crippen LogP contribution in [0.15, 0.2) is 0 Å². The second kappa shape index (κ2) is 6.10. The number of carbonyl (C=O) groups excluding carboxylic acids is 1. The fraction of sp³-hybridized carbons (Fsp3) is 0.857. The Bertz CT molecular complexity index is 361. The van der Waals surface area contributed by atoms with Crippen LogP contribution < -0.4 is 5.32 Å². The SMILES string of the molecule is CON1C(C)(C)CC(NC(=O)CCC(=O)O)CC1(C)C. The van der Waals surface area contributed by atoms with Gasteiger partial charge in [-0.25, -0.2) is 0 Å². The number of aliphatic carboxylic acids is 1. The van der Waals surface area contributed by atoms with Crippen molar-refractivity contribution in [2.75, 3.05) is 7.11 Å². The fourth-order valence-corrected chi connectivity index (χ4v) is 3.38. The number of piperidine rings is 1. The second-order valence-corrected chi connectivity index (χ2v) is 6.67. The molecule has 1 heterocycles. The minimum absolute atomic E-state index is 0.0285. The Morgan fingerprint density at radius 3 is 2.10 bits per heavy atom. The molecule has 0 aromatic rings. The van der Waals surface area contributed by atoms with Crippen molar-refractivity contribution in [1.82, 2.24) is 10.4 Å². The van der Waals surface area contributed by atoms with Crippen molar-refractivity contribution < 1.29 is 19.5 Å². The van der Waals surface area contributed by atoms with Crippen molar-refractivity contribution in [3.8, 4) is 0 Å². The first-order valence-electron chi connectivity index (χ1n) is 6.94. The van der Waals surface area contributed by atoms with E-state index in [1.54, 1.807) is 7.11 Å². The van der Waals surface area contributed by atoms with Gasteiger partial charge in [0.25, 0.3) is 0 Å². The zero-order valence-corrected chi connectivity index (χ0v) is 13.0. The van der Waals surface area contributed by atoms with Crippen molar-refractivity contribution in [3.05, 3.63) is 0 Å². The first-order chi connectivity index (χ1) is 9.08. The number of hydrogen-bond acceptors (Lipinski definition) is 4. The van der Waals surface area contributed by atoms with E-state index in [1.807, 2.05) is 5.06 Å². The molecule has 1 amide bonds. The summed E-state index contributed by atoms with van der Waals surface area (Å²) in [7, 11) is 1.66. The monoisotopic (exact) mass is 286 g/mol. The molecule has 6 nitrogen and oxygen atoms in total. The normalized spacial score (nSPS) is 22.4. The summed E-state index contributed by atoms with van der Waals surface area (Å²) in [4.78, 5) is 27.7. The minimum atomic E-state index is -0.949. The van der Waals surface area contributed by atoms with Gasteiger partial charge in [-0.2, -0.15) is 5.06 Å². The van der Waals surface area contributed by atoms with Crippen LogP contribution in [0.25, 0.3) is 0 Å². The summed E-state index contributed by atoms with van der Waals surface area (Å²) in [5, 5.41) is 13.5. The van der Waals surface area contributed by atoms with Crippen LogP contribution in [-0.4, -0.2) is 46.3 Å². The Balaban J connectivity index is 2.66. The first-order valence-corrected chi connectivity index (χ1v) is 6.94. The number of hydrogen-bond donors (Lipinski definition) is 2. The van der Waals surface area contributed by atoms with E-state index in [4.69, 9.17) is 9.94 Å². The highest BCUT2D eigenvalue weighted by molar-refractivity contribution is 5.80. The van der Waals surface area contributed by atoms with Gasteiger partial charge in [-0.15, -0.1) is 0 Å². The van der Waals surface area contributed by atoms with Crippen molar-refractivity contribution >= 4 is 11.9 Å². The average Bonchev–Trinajstić information content (AvgIpc) is 2.23. The number of rotatable bonds is 5. The van der Waals surface area contributed by atoms with Crippen LogP contribution in [0.2, 0.25) is 0 Å². The summed E-state index contributed by atoms with van der Waals surface area (Å²) in [5.41, 5.74) is -0.386. The number of nitrogens with zero attached hydrogens (tertiary/aromatic N) is 1. The molecule has 1 fully saturated rings. The molecule has 2 N–H and O–H groups in total. The zero-order chi connectivity index (χ0) is 15.6. The molecule has 0 atom stereocenters. The van der Waals surface area contributed by atoms with E-state index in [2.05, 4.69) is 33.0 Å². The summed E-state index contributed by atoms with van der Waals surface area (Å²) in [6.07, 6.45) is 1.43. The molecule has 1 aliphatic heterocycles. The van der Waals surface area contributed by atoms with Crippen molar-refractivity contribution in [2.24, 2.45) is 0 Å². The molecule has 0 radical (unpaired) electrons. The van der Waals surface area contributed by atoms with Crippen molar-refractivity contribution in [3.63, 3.8) is 0 Å².